The Balaban J connectivity index is 1.87. The van der Waals surface area contributed by atoms with E-state index in [4.69, 9.17) is 0 Å². The summed E-state index contributed by atoms with van der Waals surface area (Å²) in [5.74, 6) is -2.00. The fourth-order valence-electron chi connectivity index (χ4n) is 2.43. The summed E-state index contributed by atoms with van der Waals surface area (Å²) in [5, 5.41) is 11.3. The number of benzene rings is 1. The van der Waals surface area contributed by atoms with Gasteiger partial charge in [0, 0.05) is 16.9 Å². The number of aliphatic hydroxyl groups excluding tert-OH is 1. The van der Waals surface area contributed by atoms with Crippen molar-refractivity contribution in [3.63, 3.8) is 0 Å². The number of alkyl halides is 3. The van der Waals surface area contributed by atoms with E-state index in [1.807, 2.05) is 5.32 Å². The van der Waals surface area contributed by atoms with Gasteiger partial charge in [-0.15, -0.1) is 0 Å². The Bertz CT molecular complexity index is 565. The Kier molecular flexibility index (Phi) is 5.69. The average molecular weight is 347 g/mol. The van der Waals surface area contributed by atoms with E-state index in [0.717, 1.165) is 11.8 Å². The first kappa shape index (κ1) is 17.8. The van der Waals surface area contributed by atoms with E-state index in [1.54, 1.807) is 30.3 Å². The summed E-state index contributed by atoms with van der Waals surface area (Å²) in [5.41, 5.74) is 0.511. The maximum Gasteiger partial charge on any atom is 0.471 e. The van der Waals surface area contributed by atoms with Gasteiger partial charge >= 0.3 is 12.1 Å². The van der Waals surface area contributed by atoms with Crippen LogP contribution < -0.4 is 5.32 Å². The number of carbonyl (C=O) groups excluding carboxylic acids is 2. The third-order valence-electron chi connectivity index (χ3n) is 3.62. The number of hydrogen-bond acceptors (Lipinski definition) is 4. The normalized spacial score (nSPS) is 25.0. The largest absolute Gasteiger partial charge is 0.471 e. The Morgan fingerprint density at radius 1 is 1.17 bits per heavy atom. The summed E-state index contributed by atoms with van der Waals surface area (Å²) in [6.07, 6.45) is -5.23. The first-order valence-corrected chi connectivity index (χ1v) is 7.97. The third kappa shape index (κ3) is 4.97. The van der Waals surface area contributed by atoms with Gasteiger partial charge in [-0.05, 0) is 19.3 Å². The quantitative estimate of drug-likeness (QED) is 0.882. The van der Waals surface area contributed by atoms with Gasteiger partial charge in [0.25, 0.3) is 0 Å². The second kappa shape index (κ2) is 7.35. The first-order valence-electron chi connectivity index (χ1n) is 7.09. The first-order chi connectivity index (χ1) is 10.8. The molecule has 0 radical (unpaired) electrons. The molecule has 1 fully saturated rings. The monoisotopic (exact) mass is 347 g/mol. The predicted molar refractivity (Wildman–Crippen MR) is 80.0 cm³/mol. The van der Waals surface area contributed by atoms with Gasteiger partial charge in [0.05, 0.1) is 6.10 Å². The highest BCUT2D eigenvalue weighted by molar-refractivity contribution is 8.14. The molecule has 1 aliphatic carbocycles. The molecule has 1 aliphatic rings. The lowest BCUT2D eigenvalue weighted by Crippen LogP contribution is -2.48. The molecule has 1 saturated carbocycles. The van der Waals surface area contributed by atoms with Crippen molar-refractivity contribution in [2.75, 3.05) is 0 Å². The molecule has 23 heavy (non-hydrogen) atoms. The minimum atomic E-state index is -4.93. The zero-order chi connectivity index (χ0) is 17.0. The van der Waals surface area contributed by atoms with Crippen LogP contribution >= 0.6 is 11.8 Å². The maximum absolute atomic E-state index is 12.2. The van der Waals surface area contributed by atoms with Crippen molar-refractivity contribution in [2.24, 2.45) is 0 Å². The van der Waals surface area contributed by atoms with Gasteiger partial charge in [-0.1, -0.05) is 42.1 Å². The Hall–Kier alpha value is -1.54. The van der Waals surface area contributed by atoms with Gasteiger partial charge in [0.15, 0.2) is 0 Å². The van der Waals surface area contributed by atoms with Gasteiger partial charge in [-0.25, -0.2) is 0 Å². The zero-order valence-electron chi connectivity index (χ0n) is 12.0. The molecular weight excluding hydrogens is 331 g/mol. The lowest BCUT2D eigenvalue weighted by molar-refractivity contribution is -0.174. The van der Waals surface area contributed by atoms with Crippen molar-refractivity contribution in [3.05, 3.63) is 35.9 Å². The fourth-order valence-corrected chi connectivity index (χ4v) is 3.50. The summed E-state index contributed by atoms with van der Waals surface area (Å²) < 4.78 is 36.6. The number of rotatable bonds is 3. The van der Waals surface area contributed by atoms with Crippen LogP contribution in [-0.4, -0.2) is 39.7 Å². The number of carbonyl (C=O) groups is 2. The molecule has 126 valence electrons. The Morgan fingerprint density at radius 2 is 1.83 bits per heavy atom. The van der Waals surface area contributed by atoms with E-state index < -0.39 is 24.2 Å². The standard InChI is InChI=1S/C15H16F3NO3S/c16-15(17,18)14(22)19-10-6-7-12(11(20)8-10)23-13(21)9-4-2-1-3-5-9/h1-5,10-12,20H,6-8H2,(H,19,22)/t10-,11+,12+/m0/s1. The zero-order valence-corrected chi connectivity index (χ0v) is 12.9. The molecule has 2 N–H and O–H groups in total. The molecule has 0 heterocycles. The van der Waals surface area contributed by atoms with Crippen LogP contribution in [-0.2, 0) is 4.79 Å². The third-order valence-corrected chi connectivity index (χ3v) is 4.92. The van der Waals surface area contributed by atoms with E-state index in [1.165, 1.54) is 0 Å². The van der Waals surface area contributed by atoms with E-state index >= 15 is 0 Å². The van der Waals surface area contributed by atoms with Crippen LogP contribution in [0.15, 0.2) is 30.3 Å². The highest BCUT2D eigenvalue weighted by atomic mass is 32.2. The molecule has 0 saturated heterocycles. The van der Waals surface area contributed by atoms with Crippen molar-refractivity contribution in [1.29, 1.82) is 0 Å². The molecule has 8 heteroatoms. The SMILES string of the molecule is O=C(S[C@@H]1CC[C@H](NC(=O)C(F)(F)F)C[C@H]1O)c1ccccc1. The number of hydrogen-bond donors (Lipinski definition) is 2. The second-order valence-electron chi connectivity index (χ2n) is 5.36. The number of thioether (sulfide) groups is 1. The van der Waals surface area contributed by atoms with Gasteiger partial charge < -0.3 is 10.4 Å². The van der Waals surface area contributed by atoms with Crippen LogP contribution in [0.3, 0.4) is 0 Å². The molecule has 0 aromatic heterocycles. The van der Waals surface area contributed by atoms with Crippen molar-refractivity contribution in [2.45, 2.75) is 42.8 Å². The van der Waals surface area contributed by atoms with Gasteiger partial charge in [0.1, 0.15) is 0 Å². The van der Waals surface area contributed by atoms with Crippen LogP contribution in [0.1, 0.15) is 29.6 Å². The minimum absolute atomic E-state index is 0.00154. The molecule has 4 nitrogen and oxygen atoms in total. The van der Waals surface area contributed by atoms with Crippen LogP contribution in [0.25, 0.3) is 0 Å². The molecule has 1 amide bonds. The number of amides is 1. The molecule has 0 unspecified atom stereocenters. The molecule has 0 spiro atoms. The molecule has 0 bridgehead atoms. The van der Waals surface area contributed by atoms with Crippen LogP contribution in [0.4, 0.5) is 13.2 Å². The lowest BCUT2D eigenvalue weighted by atomic mass is 9.92. The van der Waals surface area contributed by atoms with Crippen molar-refractivity contribution >= 4 is 22.8 Å². The highest BCUT2D eigenvalue weighted by Gasteiger charge is 2.41. The maximum atomic E-state index is 12.2. The van der Waals surface area contributed by atoms with E-state index in [-0.39, 0.29) is 16.8 Å². The van der Waals surface area contributed by atoms with E-state index in [0.29, 0.717) is 18.4 Å². The molecule has 1 aromatic rings. The summed E-state index contributed by atoms with van der Waals surface area (Å²) in [6.45, 7) is 0. The molecule has 3 atom stereocenters. The topological polar surface area (TPSA) is 66.4 Å². The fraction of sp³-hybridized carbons (Fsp3) is 0.467. The lowest BCUT2D eigenvalue weighted by Gasteiger charge is -2.32. The smallest absolute Gasteiger partial charge is 0.392 e. The van der Waals surface area contributed by atoms with Gasteiger partial charge in [-0.2, -0.15) is 13.2 Å². The molecule has 0 aliphatic heterocycles. The summed E-state index contributed by atoms with van der Waals surface area (Å²) >= 11 is 0.984. The molecular formula is C15H16F3NO3S. The average Bonchev–Trinajstić information content (AvgIpc) is 2.50. The van der Waals surface area contributed by atoms with Crippen LogP contribution in [0.5, 0.6) is 0 Å². The Labute approximate surface area is 135 Å². The summed E-state index contributed by atoms with van der Waals surface area (Å²) in [6, 6.07) is 7.84. The highest BCUT2D eigenvalue weighted by Crippen LogP contribution is 2.31. The molecule has 2 rings (SSSR count). The summed E-state index contributed by atoms with van der Waals surface area (Å²) in [7, 11) is 0. The van der Waals surface area contributed by atoms with Crippen LogP contribution in [0.2, 0.25) is 0 Å². The van der Waals surface area contributed by atoms with Gasteiger partial charge in [-0.3, -0.25) is 9.59 Å². The number of nitrogens with one attached hydrogen (secondary N) is 1. The van der Waals surface area contributed by atoms with Crippen molar-refractivity contribution in [1.82, 2.24) is 5.32 Å². The van der Waals surface area contributed by atoms with Gasteiger partial charge in [0.2, 0.25) is 5.12 Å². The van der Waals surface area contributed by atoms with E-state index in [2.05, 4.69) is 0 Å². The van der Waals surface area contributed by atoms with Crippen molar-refractivity contribution < 1.29 is 27.9 Å². The second-order valence-corrected chi connectivity index (χ2v) is 6.57. The number of aliphatic hydroxyl groups is 1. The molecule has 1 aromatic carbocycles. The van der Waals surface area contributed by atoms with Crippen molar-refractivity contribution in [3.8, 4) is 0 Å². The summed E-state index contributed by atoms with van der Waals surface area (Å²) in [4.78, 5) is 23.0. The Morgan fingerprint density at radius 3 is 2.39 bits per heavy atom. The minimum Gasteiger partial charge on any atom is -0.392 e. The predicted octanol–water partition coefficient (Wildman–Crippen LogP) is 2.52. The van der Waals surface area contributed by atoms with E-state index in [9.17, 15) is 27.9 Å². The number of halogens is 3. The van der Waals surface area contributed by atoms with Crippen LogP contribution in [0, 0.1) is 0 Å².